The molecule has 1 saturated carbocycles. The minimum atomic E-state index is -0.593. The number of benzene rings is 1. The van der Waals surface area contributed by atoms with Gasteiger partial charge < -0.3 is 29.4 Å². The van der Waals surface area contributed by atoms with Crippen molar-refractivity contribution in [3.8, 4) is 17.2 Å². The molecular formula is C29H40N4O7. The van der Waals surface area contributed by atoms with Crippen molar-refractivity contribution < 1.29 is 33.6 Å². The summed E-state index contributed by atoms with van der Waals surface area (Å²) in [5, 5.41) is 16.1. The van der Waals surface area contributed by atoms with Crippen molar-refractivity contribution in [2.24, 2.45) is 17.8 Å². The second-order valence-electron chi connectivity index (χ2n) is 10.3. The first-order valence-electron chi connectivity index (χ1n) is 13.3. The number of rotatable bonds is 14. The molecule has 0 saturated heterocycles. The molecule has 0 radical (unpaired) electrons. The van der Waals surface area contributed by atoms with Gasteiger partial charge in [-0.15, -0.1) is 0 Å². The lowest BCUT2D eigenvalue weighted by Gasteiger charge is -2.20. The summed E-state index contributed by atoms with van der Waals surface area (Å²) in [6, 6.07) is 1.81. The van der Waals surface area contributed by atoms with E-state index in [0.717, 1.165) is 18.4 Å². The van der Waals surface area contributed by atoms with Crippen molar-refractivity contribution in [1.82, 2.24) is 9.97 Å². The first-order chi connectivity index (χ1) is 19.1. The van der Waals surface area contributed by atoms with Gasteiger partial charge in [-0.2, -0.15) is 4.98 Å². The van der Waals surface area contributed by atoms with Crippen LogP contribution in [0.5, 0.6) is 17.2 Å². The predicted octanol–water partition coefficient (Wildman–Crippen LogP) is 4.04. The summed E-state index contributed by atoms with van der Waals surface area (Å²) in [4.78, 5) is 33.7. The van der Waals surface area contributed by atoms with E-state index in [-0.39, 0.29) is 54.5 Å². The zero-order valence-corrected chi connectivity index (χ0v) is 24.2. The third-order valence-corrected chi connectivity index (χ3v) is 6.41. The summed E-state index contributed by atoms with van der Waals surface area (Å²) in [7, 11) is 4.56. The maximum atomic E-state index is 12.7. The monoisotopic (exact) mass is 556 g/mol. The summed E-state index contributed by atoms with van der Waals surface area (Å²) in [6.07, 6.45) is 6.73. The zero-order chi connectivity index (χ0) is 29.4. The average molecular weight is 557 g/mol. The van der Waals surface area contributed by atoms with Gasteiger partial charge in [0.25, 0.3) is 0 Å². The van der Waals surface area contributed by atoms with Crippen LogP contribution in [0.25, 0.3) is 6.08 Å². The van der Waals surface area contributed by atoms with Gasteiger partial charge in [0, 0.05) is 42.7 Å². The van der Waals surface area contributed by atoms with E-state index in [1.165, 1.54) is 21.3 Å². The van der Waals surface area contributed by atoms with Crippen LogP contribution in [0.4, 0.5) is 11.8 Å². The molecule has 1 aliphatic carbocycles. The first-order valence-corrected chi connectivity index (χ1v) is 13.3. The zero-order valence-electron chi connectivity index (χ0n) is 24.2. The Labute approximate surface area is 235 Å². The molecule has 1 atom stereocenters. The topological polar surface area (TPSA) is 141 Å². The van der Waals surface area contributed by atoms with Crippen LogP contribution in [0.3, 0.4) is 0 Å². The number of nitrogens with zero attached hydrogens (tertiary/aromatic N) is 2. The molecule has 3 rings (SSSR count). The van der Waals surface area contributed by atoms with E-state index in [9.17, 15) is 14.7 Å². The van der Waals surface area contributed by atoms with Gasteiger partial charge in [-0.25, -0.2) is 4.98 Å². The van der Waals surface area contributed by atoms with Gasteiger partial charge in [-0.1, -0.05) is 39.8 Å². The Morgan fingerprint density at radius 3 is 2.27 bits per heavy atom. The summed E-state index contributed by atoms with van der Waals surface area (Å²) in [6.45, 7) is 7.04. The molecule has 11 nitrogen and oxygen atoms in total. The van der Waals surface area contributed by atoms with E-state index in [4.69, 9.17) is 18.9 Å². The summed E-state index contributed by atoms with van der Waals surface area (Å²) in [5.74, 6) is 0.748. The fourth-order valence-electron chi connectivity index (χ4n) is 3.83. The van der Waals surface area contributed by atoms with Gasteiger partial charge in [-0.05, 0) is 30.4 Å². The third-order valence-electron chi connectivity index (χ3n) is 6.41. The largest absolute Gasteiger partial charge is 0.493 e. The van der Waals surface area contributed by atoms with Gasteiger partial charge in [0.05, 0.1) is 20.3 Å². The lowest BCUT2D eigenvalue weighted by molar-refractivity contribution is -0.119. The molecule has 11 heteroatoms. The Kier molecular flexibility index (Phi) is 10.9. The molecule has 1 aliphatic rings. The van der Waals surface area contributed by atoms with Crippen LogP contribution < -0.4 is 24.8 Å². The van der Waals surface area contributed by atoms with E-state index < -0.39 is 6.10 Å². The standard InChI is InChI=1S/C29H40N4O7/c1-16(2)27(35)31-26-20(14-30-29(32-26)33-28(36)17(3)4)12-19-13-23(38-6)25(39-7)24(40-15-37-5)21(19)10-11-22(34)18-8-9-18/h10-11,13-14,16-18,22,34H,8-9,12,15H2,1-7H3,(H2,30,31,32,33,35,36)/b11-10+. The molecule has 40 heavy (non-hydrogen) atoms. The summed E-state index contributed by atoms with van der Waals surface area (Å²) < 4.78 is 22.3. The lowest BCUT2D eigenvalue weighted by atomic mass is 9.97. The number of ether oxygens (including phenoxy) is 4. The van der Waals surface area contributed by atoms with Crippen LogP contribution in [0, 0.1) is 17.8 Å². The van der Waals surface area contributed by atoms with Gasteiger partial charge in [0.1, 0.15) is 5.82 Å². The van der Waals surface area contributed by atoms with Crippen molar-refractivity contribution in [1.29, 1.82) is 0 Å². The quantitative estimate of drug-likeness (QED) is 0.294. The van der Waals surface area contributed by atoms with Crippen molar-refractivity contribution >= 4 is 29.7 Å². The molecule has 1 aromatic carbocycles. The number of hydrogen-bond acceptors (Lipinski definition) is 9. The SMILES string of the molecule is COCOc1c(/C=C/C(O)C2CC2)c(Cc2cnc(NC(=O)C(C)C)nc2NC(=O)C(C)C)cc(OC)c1OC. The number of carbonyl (C=O) groups excluding carboxylic acids is 2. The Hall–Kier alpha value is -3.70. The number of carbonyl (C=O) groups is 2. The fourth-order valence-corrected chi connectivity index (χ4v) is 3.83. The van der Waals surface area contributed by atoms with Crippen molar-refractivity contribution in [3.63, 3.8) is 0 Å². The second-order valence-corrected chi connectivity index (χ2v) is 10.3. The molecule has 2 amide bonds. The number of aromatic nitrogens is 2. The highest BCUT2D eigenvalue weighted by atomic mass is 16.7. The average Bonchev–Trinajstić information content (AvgIpc) is 3.77. The minimum absolute atomic E-state index is 0.0436. The summed E-state index contributed by atoms with van der Waals surface area (Å²) >= 11 is 0. The molecule has 1 fully saturated rings. The van der Waals surface area contributed by atoms with E-state index in [2.05, 4.69) is 20.6 Å². The second kappa shape index (κ2) is 14.1. The Bertz CT molecular complexity index is 1230. The number of hydrogen-bond donors (Lipinski definition) is 3. The van der Waals surface area contributed by atoms with Crippen LogP contribution in [-0.2, 0) is 20.7 Å². The van der Waals surface area contributed by atoms with Crippen molar-refractivity contribution in [2.45, 2.75) is 53.1 Å². The van der Waals surface area contributed by atoms with Crippen LogP contribution in [0.1, 0.15) is 57.2 Å². The highest BCUT2D eigenvalue weighted by molar-refractivity contribution is 5.93. The smallest absolute Gasteiger partial charge is 0.231 e. The maximum Gasteiger partial charge on any atom is 0.231 e. The lowest BCUT2D eigenvalue weighted by Crippen LogP contribution is -2.23. The molecule has 0 bridgehead atoms. The summed E-state index contributed by atoms with van der Waals surface area (Å²) in [5.41, 5.74) is 1.98. The molecule has 1 unspecified atom stereocenters. The van der Waals surface area contributed by atoms with Gasteiger partial charge >= 0.3 is 0 Å². The highest BCUT2D eigenvalue weighted by Gasteiger charge is 2.28. The maximum absolute atomic E-state index is 12.7. The van der Waals surface area contributed by atoms with Gasteiger partial charge in [0.2, 0.25) is 23.5 Å². The van der Waals surface area contributed by atoms with Gasteiger partial charge in [0.15, 0.2) is 18.3 Å². The van der Waals surface area contributed by atoms with Crippen LogP contribution >= 0.6 is 0 Å². The molecule has 0 aliphatic heterocycles. The van der Waals surface area contributed by atoms with Gasteiger partial charge in [-0.3, -0.25) is 14.9 Å². The Morgan fingerprint density at radius 1 is 1.02 bits per heavy atom. The van der Waals surface area contributed by atoms with Crippen LogP contribution in [0.2, 0.25) is 0 Å². The van der Waals surface area contributed by atoms with Crippen LogP contribution in [0.15, 0.2) is 18.3 Å². The number of aliphatic hydroxyl groups excluding tert-OH is 1. The number of methoxy groups -OCH3 is 3. The Balaban J connectivity index is 2.13. The van der Waals surface area contributed by atoms with Crippen molar-refractivity contribution in [3.05, 3.63) is 35.0 Å². The van der Waals surface area contributed by atoms with Crippen LogP contribution in [-0.4, -0.2) is 61.1 Å². The molecule has 2 aromatic rings. The van der Waals surface area contributed by atoms with E-state index in [1.807, 2.05) is 6.07 Å². The molecule has 3 N–H and O–H groups in total. The highest BCUT2D eigenvalue weighted by Crippen LogP contribution is 2.44. The first kappa shape index (κ1) is 30.8. The van der Waals surface area contributed by atoms with E-state index in [1.54, 1.807) is 46.0 Å². The predicted molar refractivity (Wildman–Crippen MR) is 152 cm³/mol. The number of nitrogens with one attached hydrogen (secondary N) is 2. The number of aliphatic hydroxyl groups is 1. The van der Waals surface area contributed by atoms with E-state index in [0.29, 0.717) is 28.4 Å². The minimum Gasteiger partial charge on any atom is -0.493 e. The molecule has 0 spiro atoms. The Morgan fingerprint density at radius 2 is 1.70 bits per heavy atom. The number of anilines is 2. The fraction of sp³-hybridized carbons (Fsp3) is 0.517. The van der Waals surface area contributed by atoms with Crippen molar-refractivity contribution in [2.75, 3.05) is 38.8 Å². The number of amides is 2. The molecule has 1 heterocycles. The third kappa shape index (κ3) is 7.92. The molecular weight excluding hydrogens is 516 g/mol. The molecule has 218 valence electrons. The van der Waals surface area contributed by atoms with E-state index >= 15 is 0 Å². The normalized spacial score (nSPS) is 13.9. The molecule has 1 aromatic heterocycles.